The number of hydrogen-bond acceptors (Lipinski definition) is 7. The minimum Gasteiger partial charge on any atom is -0.508 e. The van der Waals surface area contributed by atoms with Crippen molar-refractivity contribution in [2.75, 3.05) is 26.2 Å². The molecule has 1 aliphatic heterocycles. The molecular weight excluding hydrogens is 512 g/mol. The number of hydrogen-bond donors (Lipinski definition) is 3. The second-order valence-corrected chi connectivity index (χ2v) is 10.9. The number of thiophene rings is 1. The number of carbonyl (C=O) groups is 2. The molecule has 3 N–H and O–H groups in total. The van der Waals surface area contributed by atoms with Gasteiger partial charge in [-0.15, -0.1) is 11.3 Å². The number of amides is 1. The van der Waals surface area contributed by atoms with E-state index in [2.05, 4.69) is 4.90 Å². The molecule has 5 rings (SSSR count). The van der Waals surface area contributed by atoms with E-state index in [4.69, 9.17) is 9.94 Å². The van der Waals surface area contributed by atoms with Crippen LogP contribution in [0, 0.1) is 0 Å². The maximum Gasteiger partial charge on any atom is 0.243 e. The van der Waals surface area contributed by atoms with Crippen LogP contribution in [0.4, 0.5) is 0 Å². The largest absolute Gasteiger partial charge is 0.508 e. The summed E-state index contributed by atoms with van der Waals surface area (Å²) in [7, 11) is 0. The molecule has 39 heavy (non-hydrogen) atoms. The van der Waals surface area contributed by atoms with Crippen molar-refractivity contribution in [1.29, 1.82) is 0 Å². The normalized spacial score (nSPS) is 13.9. The van der Waals surface area contributed by atoms with Crippen molar-refractivity contribution < 1.29 is 24.6 Å². The number of ketones is 1. The highest BCUT2D eigenvalue weighted by Gasteiger charge is 2.22. The van der Waals surface area contributed by atoms with Gasteiger partial charge < -0.3 is 9.84 Å². The molecule has 1 aliphatic rings. The quantitative estimate of drug-likeness (QED) is 0.132. The Morgan fingerprint density at radius 2 is 1.69 bits per heavy atom. The Morgan fingerprint density at radius 3 is 2.41 bits per heavy atom. The van der Waals surface area contributed by atoms with Crippen molar-refractivity contribution in [3.63, 3.8) is 0 Å². The summed E-state index contributed by atoms with van der Waals surface area (Å²) < 4.78 is 6.77. The van der Waals surface area contributed by atoms with Gasteiger partial charge in [0.25, 0.3) is 0 Å². The Balaban J connectivity index is 1.36. The molecule has 0 unspecified atom stereocenters. The minimum atomic E-state index is -0.435. The van der Waals surface area contributed by atoms with E-state index >= 15 is 0 Å². The van der Waals surface area contributed by atoms with Crippen LogP contribution >= 0.6 is 11.3 Å². The zero-order valence-corrected chi connectivity index (χ0v) is 22.5. The molecule has 1 fully saturated rings. The number of nitrogens with zero attached hydrogens (tertiary/aromatic N) is 1. The van der Waals surface area contributed by atoms with Crippen LogP contribution in [0.2, 0.25) is 0 Å². The topological polar surface area (TPSA) is 99.1 Å². The van der Waals surface area contributed by atoms with E-state index < -0.39 is 5.91 Å². The van der Waals surface area contributed by atoms with Crippen LogP contribution in [0.3, 0.4) is 0 Å². The Labute approximate surface area is 231 Å². The van der Waals surface area contributed by atoms with Gasteiger partial charge in [0.15, 0.2) is 5.78 Å². The van der Waals surface area contributed by atoms with Crippen LogP contribution < -0.4 is 10.2 Å². The van der Waals surface area contributed by atoms with Gasteiger partial charge in [-0.1, -0.05) is 30.7 Å². The van der Waals surface area contributed by atoms with Crippen LogP contribution in [-0.2, 0) is 11.2 Å². The fraction of sp³-hybridized carbons (Fsp3) is 0.290. The van der Waals surface area contributed by atoms with E-state index in [1.165, 1.54) is 30.6 Å². The summed E-state index contributed by atoms with van der Waals surface area (Å²) in [6.45, 7) is 3.80. The van der Waals surface area contributed by atoms with E-state index in [-0.39, 0.29) is 18.0 Å². The van der Waals surface area contributed by atoms with Gasteiger partial charge in [-0.25, -0.2) is 5.48 Å². The highest BCUT2D eigenvalue weighted by atomic mass is 32.1. The molecule has 1 aromatic heterocycles. The average molecular weight is 545 g/mol. The van der Waals surface area contributed by atoms with Crippen molar-refractivity contribution in [2.24, 2.45) is 0 Å². The summed E-state index contributed by atoms with van der Waals surface area (Å²) in [6, 6.07) is 20.1. The summed E-state index contributed by atoms with van der Waals surface area (Å²) in [5.74, 6) is 0.368. The van der Waals surface area contributed by atoms with Crippen molar-refractivity contribution in [3.05, 3.63) is 83.4 Å². The number of likely N-dealkylation sites (tertiary alicyclic amines) is 1. The SMILES string of the molecule is O=C(CCc1ccc(-c2sc3cc(O)ccc3c2C(=O)c2ccc(OCCN3CCCCC3)cc2)cc1)NO. The molecule has 0 saturated carbocycles. The Hall–Kier alpha value is -3.72. The molecule has 3 aromatic carbocycles. The number of phenolic OH excluding ortho intramolecular Hbond substituents is 1. The number of phenols is 1. The van der Waals surface area contributed by atoms with Crippen molar-refractivity contribution in [1.82, 2.24) is 10.4 Å². The third-order valence-electron chi connectivity index (χ3n) is 7.12. The van der Waals surface area contributed by atoms with E-state index in [9.17, 15) is 14.7 Å². The number of hydroxylamine groups is 1. The Bertz CT molecular complexity index is 1440. The van der Waals surface area contributed by atoms with Gasteiger partial charge in [0.05, 0.1) is 0 Å². The second kappa shape index (κ2) is 12.4. The highest BCUT2D eigenvalue weighted by Crippen LogP contribution is 2.41. The lowest BCUT2D eigenvalue weighted by Crippen LogP contribution is -2.33. The first-order chi connectivity index (χ1) is 19.0. The smallest absolute Gasteiger partial charge is 0.243 e. The molecule has 0 aliphatic carbocycles. The summed E-state index contributed by atoms with van der Waals surface area (Å²) in [5, 5.41) is 19.6. The molecule has 1 saturated heterocycles. The van der Waals surface area contributed by atoms with Gasteiger partial charge in [0, 0.05) is 39.1 Å². The van der Waals surface area contributed by atoms with Crippen molar-refractivity contribution in [2.45, 2.75) is 32.1 Å². The Morgan fingerprint density at radius 1 is 0.949 bits per heavy atom. The molecule has 0 bridgehead atoms. The van der Waals surface area contributed by atoms with Gasteiger partial charge in [-0.3, -0.25) is 19.7 Å². The molecule has 7 nitrogen and oxygen atoms in total. The lowest BCUT2D eigenvalue weighted by molar-refractivity contribution is -0.129. The molecule has 1 amide bonds. The Kier molecular flexibility index (Phi) is 8.56. The number of rotatable bonds is 10. The first-order valence-electron chi connectivity index (χ1n) is 13.3. The predicted octanol–water partition coefficient (Wildman–Crippen LogP) is 5.81. The van der Waals surface area contributed by atoms with E-state index in [1.54, 1.807) is 23.7 Å². The summed E-state index contributed by atoms with van der Waals surface area (Å²) in [6.07, 6.45) is 4.49. The number of carbonyl (C=O) groups excluding carboxylic acids is 2. The van der Waals surface area contributed by atoms with Gasteiger partial charge in [-0.2, -0.15) is 0 Å². The predicted molar refractivity (Wildman–Crippen MR) is 153 cm³/mol. The average Bonchev–Trinajstić information content (AvgIpc) is 3.35. The molecule has 0 radical (unpaired) electrons. The number of fused-ring (bicyclic) bond motifs is 1. The fourth-order valence-corrected chi connectivity index (χ4v) is 6.21. The first kappa shape index (κ1) is 26.9. The number of ether oxygens (including phenoxy) is 1. The minimum absolute atomic E-state index is 0.0921. The lowest BCUT2D eigenvalue weighted by Gasteiger charge is -2.26. The molecular formula is C31H32N2O5S. The maximum atomic E-state index is 13.8. The summed E-state index contributed by atoms with van der Waals surface area (Å²) in [5.41, 5.74) is 4.65. The zero-order chi connectivity index (χ0) is 27.2. The standard InChI is InChI=1S/C31H32N2O5S/c34-24-11-14-26-27(20-24)39-31(23-7-4-21(5-8-23)6-15-28(35)32-37)29(26)30(36)22-9-12-25(13-10-22)38-19-18-33-16-2-1-3-17-33/h4-5,7-14,20,34,37H,1-3,6,15-19H2,(H,32,35). The van der Waals surface area contributed by atoms with Crippen molar-refractivity contribution in [3.8, 4) is 21.9 Å². The number of nitrogens with one attached hydrogen (secondary N) is 1. The zero-order valence-electron chi connectivity index (χ0n) is 21.7. The number of benzene rings is 3. The number of piperidine rings is 1. The van der Waals surface area contributed by atoms with Gasteiger partial charge in [-0.05, 0) is 85.9 Å². The van der Waals surface area contributed by atoms with E-state index in [0.717, 1.165) is 51.5 Å². The second-order valence-electron chi connectivity index (χ2n) is 9.82. The monoisotopic (exact) mass is 544 g/mol. The molecule has 0 spiro atoms. The molecule has 4 aromatic rings. The van der Waals surface area contributed by atoms with E-state index in [1.807, 2.05) is 48.5 Å². The molecule has 8 heteroatoms. The van der Waals surface area contributed by atoms with Gasteiger partial charge in [0.1, 0.15) is 18.1 Å². The summed E-state index contributed by atoms with van der Waals surface area (Å²) in [4.78, 5) is 28.5. The van der Waals surface area contributed by atoms with Crippen LogP contribution in [-0.4, -0.2) is 53.1 Å². The molecule has 202 valence electrons. The number of aromatic hydroxyl groups is 1. The number of aryl methyl sites for hydroxylation is 1. The molecule has 2 heterocycles. The summed E-state index contributed by atoms with van der Waals surface area (Å²) >= 11 is 1.46. The van der Waals surface area contributed by atoms with E-state index in [0.29, 0.717) is 24.2 Å². The van der Waals surface area contributed by atoms with Gasteiger partial charge >= 0.3 is 0 Å². The third kappa shape index (κ3) is 6.47. The highest BCUT2D eigenvalue weighted by molar-refractivity contribution is 7.22. The van der Waals surface area contributed by atoms with Crippen LogP contribution in [0.15, 0.2) is 66.7 Å². The first-order valence-corrected chi connectivity index (χ1v) is 14.1. The third-order valence-corrected chi connectivity index (χ3v) is 8.33. The van der Waals surface area contributed by atoms with Crippen molar-refractivity contribution >= 4 is 33.1 Å². The molecule has 0 atom stereocenters. The van der Waals surface area contributed by atoms with Crippen LogP contribution in [0.25, 0.3) is 20.5 Å². The van der Waals surface area contributed by atoms with Gasteiger partial charge in [0.2, 0.25) is 5.91 Å². The maximum absolute atomic E-state index is 13.8. The fourth-order valence-electron chi connectivity index (χ4n) is 4.97. The lowest BCUT2D eigenvalue weighted by atomic mass is 9.97. The van der Waals surface area contributed by atoms with Crippen LogP contribution in [0.5, 0.6) is 11.5 Å². The van der Waals surface area contributed by atoms with Crippen LogP contribution in [0.1, 0.15) is 47.2 Å².